The molecule has 0 saturated heterocycles. The lowest BCUT2D eigenvalue weighted by Gasteiger charge is -2.20. The highest BCUT2D eigenvalue weighted by Gasteiger charge is 2.39. The summed E-state index contributed by atoms with van der Waals surface area (Å²) in [7, 11) is 2.29. The third kappa shape index (κ3) is 4.57. The molecule has 1 aromatic carbocycles. The SMILES string of the molecule is CON(C)C(=O)/C(C=N)=C(/Nc1ccc(Br)cc1)C(F)(F)F. The van der Waals surface area contributed by atoms with E-state index in [4.69, 9.17) is 5.41 Å². The minimum absolute atomic E-state index is 0.128. The Morgan fingerprint density at radius 3 is 2.32 bits per heavy atom. The van der Waals surface area contributed by atoms with Gasteiger partial charge in [-0.2, -0.15) is 13.2 Å². The van der Waals surface area contributed by atoms with Crippen LogP contribution in [0.15, 0.2) is 40.0 Å². The second-order valence-electron chi connectivity index (χ2n) is 4.05. The van der Waals surface area contributed by atoms with Crippen molar-refractivity contribution in [2.24, 2.45) is 0 Å². The van der Waals surface area contributed by atoms with Crippen LogP contribution in [0.4, 0.5) is 18.9 Å². The first-order valence-electron chi connectivity index (χ1n) is 5.87. The molecule has 0 aliphatic rings. The molecule has 0 heterocycles. The van der Waals surface area contributed by atoms with Crippen LogP contribution in [-0.4, -0.2) is 37.5 Å². The molecule has 1 rings (SSSR count). The molecule has 0 spiro atoms. The van der Waals surface area contributed by atoms with Gasteiger partial charge in [-0.15, -0.1) is 0 Å². The van der Waals surface area contributed by atoms with Gasteiger partial charge in [0.15, 0.2) is 0 Å². The molecule has 0 aliphatic carbocycles. The van der Waals surface area contributed by atoms with Gasteiger partial charge in [0, 0.05) is 23.4 Å². The number of alkyl halides is 3. The van der Waals surface area contributed by atoms with Gasteiger partial charge in [0.1, 0.15) is 5.70 Å². The number of amides is 1. The molecular weight excluding hydrogens is 367 g/mol. The van der Waals surface area contributed by atoms with Crippen LogP contribution in [0.3, 0.4) is 0 Å². The van der Waals surface area contributed by atoms with E-state index in [1.54, 1.807) is 12.1 Å². The number of anilines is 1. The summed E-state index contributed by atoms with van der Waals surface area (Å²) in [5, 5.41) is 9.88. The molecule has 0 fully saturated rings. The van der Waals surface area contributed by atoms with Gasteiger partial charge in [-0.3, -0.25) is 9.63 Å². The van der Waals surface area contributed by atoms with Gasteiger partial charge in [-0.1, -0.05) is 15.9 Å². The fourth-order valence-electron chi connectivity index (χ4n) is 1.46. The standard InChI is InChI=1S/C13H13BrF3N3O2/c1-20(22-2)12(21)10(7-18)11(13(15,16)17)19-9-5-3-8(14)4-6-9/h3-7,18-19H,1-2H3/b11-10+,18-7?. The number of nitrogens with one attached hydrogen (secondary N) is 2. The normalized spacial score (nSPS) is 12.5. The molecule has 0 aliphatic heterocycles. The Kier molecular flexibility index (Phi) is 6.12. The van der Waals surface area contributed by atoms with Crippen molar-refractivity contribution >= 4 is 33.7 Å². The van der Waals surface area contributed by atoms with Crippen molar-refractivity contribution in [3.05, 3.63) is 40.0 Å². The maximum atomic E-state index is 13.2. The van der Waals surface area contributed by atoms with E-state index in [1.807, 2.05) is 0 Å². The molecular formula is C13H13BrF3N3O2. The fourth-order valence-corrected chi connectivity index (χ4v) is 1.73. The Bertz CT molecular complexity index is 585. The summed E-state index contributed by atoms with van der Waals surface area (Å²) in [5.41, 5.74) is -2.07. The number of benzene rings is 1. The lowest BCUT2D eigenvalue weighted by molar-refractivity contribution is -0.164. The number of rotatable bonds is 5. The number of allylic oxidation sites excluding steroid dienone is 1. The van der Waals surface area contributed by atoms with Crippen LogP contribution in [0.1, 0.15) is 0 Å². The molecule has 22 heavy (non-hydrogen) atoms. The molecule has 1 amide bonds. The van der Waals surface area contributed by atoms with Crippen LogP contribution in [-0.2, 0) is 9.63 Å². The molecule has 1 aromatic rings. The lowest BCUT2D eigenvalue weighted by Crippen LogP contribution is -2.32. The van der Waals surface area contributed by atoms with E-state index in [0.29, 0.717) is 15.8 Å². The predicted octanol–water partition coefficient (Wildman–Crippen LogP) is 3.35. The minimum Gasteiger partial charge on any atom is -0.351 e. The van der Waals surface area contributed by atoms with Crippen LogP contribution >= 0.6 is 15.9 Å². The molecule has 0 bridgehead atoms. The third-order valence-electron chi connectivity index (χ3n) is 2.60. The van der Waals surface area contributed by atoms with E-state index in [2.05, 4.69) is 26.1 Å². The van der Waals surface area contributed by atoms with Crippen LogP contribution in [0.2, 0.25) is 0 Å². The van der Waals surface area contributed by atoms with E-state index in [-0.39, 0.29) is 5.69 Å². The van der Waals surface area contributed by atoms with Crippen molar-refractivity contribution < 1.29 is 22.8 Å². The van der Waals surface area contributed by atoms with E-state index in [9.17, 15) is 18.0 Å². The molecule has 0 atom stereocenters. The summed E-state index contributed by atoms with van der Waals surface area (Å²) in [5.74, 6) is -1.09. The maximum absolute atomic E-state index is 13.2. The summed E-state index contributed by atoms with van der Waals surface area (Å²) in [6.07, 6.45) is -4.50. The first-order valence-corrected chi connectivity index (χ1v) is 6.66. The van der Waals surface area contributed by atoms with E-state index in [1.165, 1.54) is 12.1 Å². The van der Waals surface area contributed by atoms with Gasteiger partial charge in [0.25, 0.3) is 5.91 Å². The number of carbonyl (C=O) groups excluding carboxylic acids is 1. The lowest BCUT2D eigenvalue weighted by atomic mass is 10.1. The molecule has 0 radical (unpaired) electrons. The largest absolute Gasteiger partial charge is 0.432 e. The quantitative estimate of drug-likeness (QED) is 0.468. The van der Waals surface area contributed by atoms with Crippen LogP contribution in [0.5, 0.6) is 0 Å². The zero-order valence-corrected chi connectivity index (χ0v) is 13.2. The number of likely N-dealkylation sites (N-methyl/N-ethyl adjacent to an activating group) is 1. The summed E-state index contributed by atoms with van der Waals surface area (Å²) in [4.78, 5) is 16.5. The molecule has 0 unspecified atom stereocenters. The smallest absolute Gasteiger partial charge is 0.351 e. The number of hydroxylamine groups is 2. The molecule has 0 saturated carbocycles. The Morgan fingerprint density at radius 1 is 1.36 bits per heavy atom. The van der Waals surface area contributed by atoms with Crippen LogP contribution < -0.4 is 5.32 Å². The average Bonchev–Trinajstić information content (AvgIpc) is 2.46. The van der Waals surface area contributed by atoms with Crippen molar-refractivity contribution in [1.82, 2.24) is 5.06 Å². The summed E-state index contributed by atoms with van der Waals surface area (Å²) < 4.78 is 40.3. The number of hydrogen-bond acceptors (Lipinski definition) is 4. The highest BCUT2D eigenvalue weighted by Crippen LogP contribution is 2.30. The van der Waals surface area contributed by atoms with Gasteiger partial charge < -0.3 is 10.7 Å². The molecule has 5 nitrogen and oxygen atoms in total. The van der Waals surface area contributed by atoms with Crippen LogP contribution in [0, 0.1) is 5.41 Å². The second kappa shape index (κ2) is 7.41. The summed E-state index contributed by atoms with van der Waals surface area (Å²) in [6.45, 7) is 0. The minimum atomic E-state index is -4.84. The Labute approximate surface area is 133 Å². The highest BCUT2D eigenvalue weighted by molar-refractivity contribution is 9.10. The molecule has 2 N–H and O–H groups in total. The highest BCUT2D eigenvalue weighted by atomic mass is 79.9. The fraction of sp³-hybridized carbons (Fsp3) is 0.231. The van der Waals surface area contributed by atoms with Gasteiger partial charge in [0.05, 0.1) is 12.7 Å². The van der Waals surface area contributed by atoms with Crippen molar-refractivity contribution in [3.8, 4) is 0 Å². The number of nitrogens with zero attached hydrogens (tertiary/aromatic N) is 1. The van der Waals surface area contributed by atoms with Crippen molar-refractivity contribution in [3.63, 3.8) is 0 Å². The van der Waals surface area contributed by atoms with E-state index in [0.717, 1.165) is 14.2 Å². The van der Waals surface area contributed by atoms with E-state index >= 15 is 0 Å². The first-order chi connectivity index (χ1) is 10.2. The topological polar surface area (TPSA) is 65.4 Å². The van der Waals surface area contributed by atoms with Gasteiger partial charge in [-0.05, 0) is 24.3 Å². The molecule has 120 valence electrons. The third-order valence-corrected chi connectivity index (χ3v) is 3.13. The zero-order chi connectivity index (χ0) is 16.9. The summed E-state index contributed by atoms with van der Waals surface area (Å²) >= 11 is 3.17. The molecule has 9 heteroatoms. The van der Waals surface area contributed by atoms with Gasteiger partial charge in [-0.25, -0.2) is 5.06 Å². The Hall–Kier alpha value is -1.87. The predicted molar refractivity (Wildman–Crippen MR) is 79.4 cm³/mol. The maximum Gasteiger partial charge on any atom is 0.432 e. The monoisotopic (exact) mass is 379 g/mol. The first kappa shape index (κ1) is 18.2. The zero-order valence-electron chi connectivity index (χ0n) is 11.7. The number of hydrogen-bond donors (Lipinski definition) is 2. The Morgan fingerprint density at radius 2 is 1.91 bits per heavy atom. The van der Waals surface area contributed by atoms with Crippen LogP contribution in [0.25, 0.3) is 0 Å². The van der Waals surface area contributed by atoms with E-state index < -0.39 is 23.4 Å². The van der Waals surface area contributed by atoms with Gasteiger partial charge in [0.2, 0.25) is 0 Å². The van der Waals surface area contributed by atoms with Gasteiger partial charge >= 0.3 is 6.18 Å². The molecule has 0 aromatic heterocycles. The summed E-state index contributed by atoms with van der Waals surface area (Å²) in [6, 6.07) is 5.90. The Balaban J connectivity index is 3.31. The number of carbonyl (C=O) groups is 1. The van der Waals surface area contributed by atoms with Crippen molar-refractivity contribution in [2.45, 2.75) is 6.18 Å². The number of halogens is 4. The second-order valence-corrected chi connectivity index (χ2v) is 4.96. The van der Waals surface area contributed by atoms with Crippen molar-refractivity contribution in [1.29, 1.82) is 5.41 Å². The average molecular weight is 380 g/mol. The van der Waals surface area contributed by atoms with Crippen molar-refractivity contribution in [2.75, 3.05) is 19.5 Å².